The van der Waals surface area contributed by atoms with Crippen LogP contribution in [0.15, 0.2) is 30.3 Å². The minimum atomic E-state index is -0.962. The Balaban J connectivity index is 0.00000196. The van der Waals surface area contributed by atoms with Crippen molar-refractivity contribution in [2.45, 2.75) is 18.9 Å². The van der Waals surface area contributed by atoms with Crippen LogP contribution in [0.1, 0.15) is 12.0 Å². The summed E-state index contributed by atoms with van der Waals surface area (Å²) in [6.07, 6.45) is 0.325. The number of aryl methyl sites for hydroxylation is 1. The maximum Gasteiger partial charge on any atom is 0.339 e. The first kappa shape index (κ1) is 14.1. The number of hydrogen-bond donors (Lipinski definition) is 2. The molecular weight excluding hydrogens is 262 g/mol. The zero-order chi connectivity index (χ0) is 10.4. The van der Waals surface area contributed by atoms with Gasteiger partial charge in [-0.2, -0.15) is 4.84 Å². The van der Waals surface area contributed by atoms with Gasteiger partial charge < -0.3 is 22.1 Å². The Morgan fingerprint density at radius 1 is 1.40 bits per heavy atom. The number of carbonyl (C=O) groups is 1. The summed E-state index contributed by atoms with van der Waals surface area (Å²) in [6.45, 7) is 0. The van der Waals surface area contributed by atoms with Gasteiger partial charge in [0, 0.05) is 0 Å². The first-order valence-electron chi connectivity index (χ1n) is 4.41. The van der Waals surface area contributed by atoms with Gasteiger partial charge in [0.25, 0.3) is 0 Å². The summed E-state index contributed by atoms with van der Waals surface area (Å²) >= 11 is 0. The summed E-state index contributed by atoms with van der Waals surface area (Å²) in [5.74, 6) is 2.18. The van der Waals surface area contributed by atoms with Gasteiger partial charge in [0.1, 0.15) is 0 Å². The van der Waals surface area contributed by atoms with E-state index in [2.05, 4.69) is 10.7 Å². The van der Waals surface area contributed by atoms with E-state index in [4.69, 9.17) is 5.11 Å². The number of quaternary nitrogens is 1. The molecule has 1 rings (SSSR count). The van der Waals surface area contributed by atoms with Crippen molar-refractivity contribution in [1.82, 2.24) is 0 Å². The molecule has 0 saturated heterocycles. The van der Waals surface area contributed by atoms with Crippen molar-refractivity contribution in [2.24, 2.45) is 0 Å². The number of halogens is 1. The van der Waals surface area contributed by atoms with Crippen LogP contribution in [0, 0.1) is 0 Å². The molecule has 15 heavy (non-hydrogen) atoms. The van der Waals surface area contributed by atoms with Gasteiger partial charge in [0.15, 0.2) is 0 Å². The van der Waals surface area contributed by atoms with Crippen molar-refractivity contribution in [3.05, 3.63) is 35.9 Å². The van der Waals surface area contributed by atoms with Crippen molar-refractivity contribution >= 4 is 5.97 Å². The van der Waals surface area contributed by atoms with E-state index in [0.29, 0.717) is 12.8 Å². The Bertz CT molecular complexity index is 292. The van der Waals surface area contributed by atoms with Crippen LogP contribution in [0.4, 0.5) is 0 Å². The van der Waals surface area contributed by atoms with Crippen LogP contribution < -0.4 is 22.9 Å². The highest BCUT2D eigenvalue weighted by atomic mass is 79.9. The Kier molecular flexibility index (Phi) is 6.94. The molecule has 0 saturated carbocycles. The van der Waals surface area contributed by atoms with Gasteiger partial charge in [0.2, 0.25) is 6.10 Å². The number of rotatable bonds is 5. The van der Waals surface area contributed by atoms with E-state index in [1.165, 1.54) is 0 Å². The van der Waals surface area contributed by atoms with Gasteiger partial charge in [-0.3, -0.25) is 0 Å². The summed E-state index contributed by atoms with van der Waals surface area (Å²) in [5.41, 5.74) is 1.11. The third kappa shape index (κ3) is 4.92. The van der Waals surface area contributed by atoms with E-state index >= 15 is 0 Å². The van der Waals surface area contributed by atoms with Gasteiger partial charge >= 0.3 is 5.97 Å². The fourth-order valence-electron chi connectivity index (χ4n) is 1.22. The van der Waals surface area contributed by atoms with Crippen LogP contribution in [0.3, 0.4) is 0 Å². The number of carboxylic acid groups (broad SMARTS) is 1. The second-order valence-corrected chi connectivity index (χ2v) is 3.02. The minimum Gasteiger partial charge on any atom is -1.00 e. The largest absolute Gasteiger partial charge is 1.00 e. The van der Waals surface area contributed by atoms with Gasteiger partial charge in [-0.05, 0) is 18.4 Å². The number of aliphatic carboxylic acids is 1. The monoisotopic (exact) mass is 275 g/mol. The molecule has 0 spiro atoms. The Hall–Kier alpha value is -0.910. The maximum atomic E-state index is 10.6. The molecule has 0 aliphatic heterocycles. The molecule has 1 aromatic rings. The molecule has 84 valence electrons. The molecule has 0 aromatic heterocycles. The quantitative estimate of drug-likeness (QED) is 0.573. The number of carboxylic acids is 1. The highest BCUT2D eigenvalue weighted by Crippen LogP contribution is 2.05. The second-order valence-electron chi connectivity index (χ2n) is 3.02. The molecule has 5 heteroatoms. The Morgan fingerprint density at radius 3 is 2.47 bits per heavy atom. The normalized spacial score (nSPS) is 11.5. The predicted molar refractivity (Wildman–Crippen MR) is 50.2 cm³/mol. The van der Waals surface area contributed by atoms with Crippen LogP contribution in [-0.4, -0.2) is 17.2 Å². The lowest BCUT2D eigenvalue weighted by molar-refractivity contribution is -0.698. The number of benzene rings is 1. The van der Waals surface area contributed by atoms with E-state index in [1.807, 2.05) is 30.3 Å². The highest BCUT2D eigenvalue weighted by Gasteiger charge is 2.18. The average Bonchev–Trinajstić information content (AvgIpc) is 2.20. The van der Waals surface area contributed by atoms with E-state index in [0.717, 1.165) is 5.56 Å². The summed E-state index contributed by atoms with van der Waals surface area (Å²) in [7, 11) is 0. The van der Waals surface area contributed by atoms with Gasteiger partial charge in [-0.1, -0.05) is 30.3 Å². The molecule has 0 fully saturated rings. The summed E-state index contributed by atoms with van der Waals surface area (Å²) in [4.78, 5) is 15.2. The smallest absolute Gasteiger partial charge is 0.339 e. The molecule has 4 nitrogen and oxygen atoms in total. The van der Waals surface area contributed by atoms with Crippen LogP contribution in [0.5, 0.6) is 0 Å². The van der Waals surface area contributed by atoms with E-state index in [1.54, 1.807) is 0 Å². The SMILES string of the molecule is [Br-].[NH3+]O[C@@H](CCc1ccccc1)C(=O)O. The molecule has 1 atom stereocenters. The molecule has 0 amide bonds. The number of hydrogen-bond acceptors (Lipinski definition) is 2. The first-order valence-corrected chi connectivity index (χ1v) is 4.41. The van der Waals surface area contributed by atoms with Crippen LogP contribution in [-0.2, 0) is 16.1 Å². The van der Waals surface area contributed by atoms with Crippen molar-refractivity contribution in [3.8, 4) is 0 Å². The molecule has 0 unspecified atom stereocenters. The Morgan fingerprint density at radius 2 is 2.00 bits per heavy atom. The zero-order valence-corrected chi connectivity index (χ0v) is 9.81. The molecule has 0 heterocycles. The van der Waals surface area contributed by atoms with Gasteiger partial charge in [-0.15, -0.1) is 0 Å². The van der Waals surface area contributed by atoms with Crippen LogP contribution in [0.25, 0.3) is 0 Å². The first-order chi connectivity index (χ1) is 6.74. The average molecular weight is 276 g/mol. The molecule has 4 N–H and O–H groups in total. The molecule has 0 aliphatic rings. The van der Waals surface area contributed by atoms with E-state index < -0.39 is 12.1 Å². The fraction of sp³-hybridized carbons (Fsp3) is 0.300. The minimum absolute atomic E-state index is 0. The van der Waals surface area contributed by atoms with Crippen LogP contribution in [0.2, 0.25) is 0 Å². The zero-order valence-electron chi connectivity index (χ0n) is 8.23. The van der Waals surface area contributed by atoms with Gasteiger partial charge in [-0.25, -0.2) is 10.7 Å². The topological polar surface area (TPSA) is 74.2 Å². The molecule has 0 aliphatic carbocycles. The standard InChI is InChI=1S/C10H13NO3.BrH/c11-14-9(10(12)13)7-6-8-4-2-1-3-5-8;/h1-5,9H,6-7H2,11H3;1H/t9-;/m0./s1. The summed E-state index contributed by atoms with van der Waals surface area (Å²) in [5, 5.41) is 8.69. The van der Waals surface area contributed by atoms with Gasteiger partial charge in [0.05, 0.1) is 0 Å². The predicted octanol–water partition coefficient (Wildman–Crippen LogP) is -2.75. The van der Waals surface area contributed by atoms with E-state index in [-0.39, 0.29) is 17.0 Å². The third-order valence-electron chi connectivity index (χ3n) is 2.01. The molecular formula is C10H14BrNO3. The van der Waals surface area contributed by atoms with E-state index in [9.17, 15) is 4.79 Å². The molecule has 0 bridgehead atoms. The maximum absolute atomic E-state index is 10.6. The highest BCUT2D eigenvalue weighted by molar-refractivity contribution is 5.72. The fourth-order valence-corrected chi connectivity index (χ4v) is 1.22. The molecule has 1 aromatic carbocycles. The van der Waals surface area contributed by atoms with Crippen molar-refractivity contribution in [1.29, 1.82) is 0 Å². The third-order valence-corrected chi connectivity index (χ3v) is 2.01. The lowest BCUT2D eigenvalue weighted by Crippen LogP contribution is -3.00. The summed E-state index contributed by atoms with van der Waals surface area (Å²) < 4.78 is 0. The molecule has 0 radical (unpaired) electrons. The lowest BCUT2D eigenvalue weighted by atomic mass is 10.1. The Labute approximate surface area is 98.8 Å². The summed E-state index contributed by atoms with van der Waals surface area (Å²) in [6, 6.07) is 9.70. The second kappa shape index (κ2) is 7.39. The van der Waals surface area contributed by atoms with Crippen molar-refractivity contribution in [3.63, 3.8) is 0 Å². The lowest BCUT2D eigenvalue weighted by Gasteiger charge is -2.06. The van der Waals surface area contributed by atoms with Crippen molar-refractivity contribution < 1.29 is 37.6 Å². The van der Waals surface area contributed by atoms with Crippen LogP contribution >= 0.6 is 0 Å². The van der Waals surface area contributed by atoms with Crippen molar-refractivity contribution in [2.75, 3.05) is 0 Å².